The average molecular weight is 509 g/mol. The van der Waals surface area contributed by atoms with Gasteiger partial charge in [0, 0.05) is 32.1 Å². The zero-order valence-electron chi connectivity index (χ0n) is 20.0. The molecule has 4 atom stereocenters. The molecule has 3 aromatic rings. The van der Waals surface area contributed by atoms with Crippen LogP contribution in [0.1, 0.15) is 42.2 Å². The molecule has 188 valence electrons. The van der Waals surface area contributed by atoms with Crippen LogP contribution in [0.2, 0.25) is 0 Å². The molecule has 9 nitrogen and oxygen atoms in total. The fourth-order valence-electron chi connectivity index (χ4n) is 5.53. The van der Waals surface area contributed by atoms with Gasteiger partial charge in [0.25, 0.3) is 0 Å². The van der Waals surface area contributed by atoms with Crippen LogP contribution in [0.3, 0.4) is 0 Å². The first-order valence-corrected chi connectivity index (χ1v) is 13.1. The number of aromatic nitrogens is 2. The van der Waals surface area contributed by atoms with Crippen LogP contribution >= 0.6 is 11.3 Å². The van der Waals surface area contributed by atoms with Crippen molar-refractivity contribution in [3.05, 3.63) is 47.7 Å². The predicted octanol–water partition coefficient (Wildman–Crippen LogP) is 3.90. The van der Waals surface area contributed by atoms with Gasteiger partial charge in [0.1, 0.15) is 5.75 Å². The van der Waals surface area contributed by atoms with Crippen LogP contribution in [-0.2, 0) is 14.3 Å². The summed E-state index contributed by atoms with van der Waals surface area (Å²) in [6, 6.07) is 9.85. The van der Waals surface area contributed by atoms with E-state index in [1.54, 1.807) is 30.4 Å². The molecule has 2 amide bonds. The van der Waals surface area contributed by atoms with Crippen molar-refractivity contribution in [1.29, 1.82) is 0 Å². The van der Waals surface area contributed by atoms with Gasteiger partial charge < -0.3 is 18.8 Å². The molecule has 4 heterocycles. The first-order valence-electron chi connectivity index (χ1n) is 12.3. The summed E-state index contributed by atoms with van der Waals surface area (Å²) < 4.78 is 16.6. The van der Waals surface area contributed by atoms with Gasteiger partial charge in [-0.15, -0.1) is 10.2 Å². The maximum absolute atomic E-state index is 12.8. The van der Waals surface area contributed by atoms with E-state index < -0.39 is 0 Å². The molecule has 3 aliphatic rings. The van der Waals surface area contributed by atoms with Crippen molar-refractivity contribution in [2.45, 2.75) is 31.1 Å². The highest BCUT2D eigenvalue weighted by Gasteiger charge is 2.46. The summed E-state index contributed by atoms with van der Waals surface area (Å²) in [5.41, 5.74) is 2.36. The lowest BCUT2D eigenvalue weighted by Gasteiger charge is -2.17. The number of hydrogen-bond donors (Lipinski definition) is 1. The van der Waals surface area contributed by atoms with Crippen LogP contribution in [0.25, 0.3) is 10.8 Å². The molecule has 2 aromatic heterocycles. The Morgan fingerprint density at radius 1 is 1.31 bits per heavy atom. The van der Waals surface area contributed by atoms with E-state index in [0.29, 0.717) is 46.6 Å². The van der Waals surface area contributed by atoms with Crippen LogP contribution in [0.15, 0.2) is 41.0 Å². The van der Waals surface area contributed by atoms with Gasteiger partial charge in [-0.2, -0.15) is 0 Å². The third-order valence-electron chi connectivity index (χ3n) is 7.49. The van der Waals surface area contributed by atoms with Crippen LogP contribution in [0, 0.1) is 11.8 Å². The second-order valence-electron chi connectivity index (χ2n) is 9.74. The molecule has 3 fully saturated rings. The Kier molecular flexibility index (Phi) is 6.22. The van der Waals surface area contributed by atoms with Crippen molar-refractivity contribution in [2.24, 2.45) is 11.8 Å². The van der Waals surface area contributed by atoms with Gasteiger partial charge in [0.15, 0.2) is 10.8 Å². The number of methoxy groups -OCH3 is 1. The van der Waals surface area contributed by atoms with Crippen LogP contribution in [0.5, 0.6) is 5.75 Å². The van der Waals surface area contributed by atoms with Crippen molar-refractivity contribution in [3.63, 3.8) is 0 Å². The van der Waals surface area contributed by atoms with Crippen molar-refractivity contribution in [2.75, 3.05) is 38.7 Å². The number of amides is 2. The highest BCUT2D eigenvalue weighted by Crippen LogP contribution is 2.56. The molecule has 0 spiro atoms. The van der Waals surface area contributed by atoms with E-state index in [9.17, 15) is 9.59 Å². The summed E-state index contributed by atoms with van der Waals surface area (Å²) in [5, 5.41) is 11.8. The fraction of sp³-hybridized carbons (Fsp3) is 0.462. The third kappa shape index (κ3) is 4.62. The summed E-state index contributed by atoms with van der Waals surface area (Å²) in [6.07, 6.45) is 4.25. The van der Waals surface area contributed by atoms with E-state index in [4.69, 9.17) is 13.9 Å². The molecule has 1 N–H and O–H groups in total. The number of hydrogen-bond acceptors (Lipinski definition) is 8. The van der Waals surface area contributed by atoms with Crippen LogP contribution in [-0.4, -0.2) is 60.3 Å². The quantitative estimate of drug-likeness (QED) is 0.492. The monoisotopic (exact) mass is 508 g/mol. The van der Waals surface area contributed by atoms with Crippen molar-refractivity contribution >= 4 is 28.3 Å². The number of carbonyl (C=O) groups is 2. The molecule has 0 bridgehead atoms. The minimum Gasteiger partial charge on any atom is -0.496 e. The molecule has 1 aliphatic carbocycles. The number of nitrogens with zero attached hydrogens (tertiary/aromatic N) is 3. The molecule has 2 saturated heterocycles. The Morgan fingerprint density at radius 3 is 3.00 bits per heavy atom. The third-order valence-corrected chi connectivity index (χ3v) is 8.34. The maximum Gasteiger partial charge on any atom is 0.245 e. The number of likely N-dealkylation sites (tertiary alicyclic amines) is 1. The van der Waals surface area contributed by atoms with Gasteiger partial charge in [-0.3, -0.25) is 14.9 Å². The first-order chi connectivity index (χ1) is 17.6. The Hall–Kier alpha value is -3.24. The lowest BCUT2D eigenvalue weighted by atomic mass is 9.92. The molecular weight excluding hydrogens is 480 g/mol. The normalized spacial score (nSPS) is 25.4. The first kappa shape index (κ1) is 23.2. The number of anilines is 1. The molecule has 2 aliphatic heterocycles. The molecule has 1 saturated carbocycles. The standard InChI is InChI=1S/C26H28N4O5S/c1-33-21-5-4-15(9-20(21)19-11-18(19)16-6-8-34-14-16)17-10-24(32)30(12-17)13-23(31)27-26-29-28-25(36-26)22-3-2-7-35-22/h2-5,7,9,16-19H,6,8,10-14H2,1H3,(H,27,29,31)/t16?,17-,18?,19?/m1/s1. The molecular formula is C26H28N4O5S. The van der Waals surface area contributed by atoms with E-state index in [1.165, 1.54) is 16.9 Å². The Balaban J connectivity index is 1.09. The van der Waals surface area contributed by atoms with Gasteiger partial charge in [0.05, 0.1) is 19.9 Å². The number of benzene rings is 1. The maximum atomic E-state index is 12.8. The molecule has 1 aromatic carbocycles. The molecule has 36 heavy (non-hydrogen) atoms. The summed E-state index contributed by atoms with van der Waals surface area (Å²) in [7, 11) is 1.71. The van der Waals surface area contributed by atoms with Gasteiger partial charge in [-0.25, -0.2) is 0 Å². The molecule has 0 radical (unpaired) electrons. The average Bonchev–Trinajstić information content (AvgIpc) is 3.43. The van der Waals surface area contributed by atoms with E-state index in [0.717, 1.165) is 37.4 Å². The van der Waals surface area contributed by atoms with Crippen molar-refractivity contribution < 1.29 is 23.5 Å². The SMILES string of the molecule is COc1ccc([C@@H]2CC(=O)N(CC(=O)Nc3nnc(-c4ccco4)s3)C2)cc1C1CC1C1CCOC1. The smallest absolute Gasteiger partial charge is 0.245 e. The van der Waals surface area contributed by atoms with Crippen molar-refractivity contribution in [3.8, 4) is 16.5 Å². The summed E-state index contributed by atoms with van der Waals surface area (Å²) in [5.74, 6) is 3.02. The second-order valence-corrected chi connectivity index (χ2v) is 10.7. The summed E-state index contributed by atoms with van der Waals surface area (Å²) >= 11 is 1.23. The zero-order valence-corrected chi connectivity index (χ0v) is 20.8. The van der Waals surface area contributed by atoms with E-state index in [2.05, 4.69) is 27.6 Å². The van der Waals surface area contributed by atoms with E-state index in [1.807, 2.05) is 6.07 Å². The predicted molar refractivity (Wildman–Crippen MR) is 133 cm³/mol. The number of nitrogens with one attached hydrogen (secondary N) is 1. The van der Waals surface area contributed by atoms with Gasteiger partial charge >= 0.3 is 0 Å². The summed E-state index contributed by atoms with van der Waals surface area (Å²) in [6.45, 7) is 2.22. The van der Waals surface area contributed by atoms with Gasteiger partial charge in [-0.05, 0) is 59.9 Å². The molecule has 3 unspecified atom stereocenters. The molecule has 10 heteroatoms. The number of ether oxygens (including phenoxy) is 2. The van der Waals surface area contributed by atoms with Crippen LogP contribution < -0.4 is 10.1 Å². The van der Waals surface area contributed by atoms with Gasteiger partial charge in [-0.1, -0.05) is 23.5 Å². The highest BCUT2D eigenvalue weighted by molar-refractivity contribution is 7.18. The minimum atomic E-state index is -0.291. The lowest BCUT2D eigenvalue weighted by molar-refractivity contribution is -0.131. The second kappa shape index (κ2) is 9.67. The molecule has 6 rings (SSSR count). The largest absolute Gasteiger partial charge is 0.496 e. The lowest BCUT2D eigenvalue weighted by Crippen LogP contribution is -2.34. The zero-order chi connectivity index (χ0) is 24.6. The number of furan rings is 1. The van der Waals surface area contributed by atoms with Crippen molar-refractivity contribution in [1.82, 2.24) is 15.1 Å². The topological polar surface area (TPSA) is 107 Å². The minimum absolute atomic E-state index is 0.0135. The Labute approximate surface area is 212 Å². The van der Waals surface area contributed by atoms with E-state index >= 15 is 0 Å². The fourth-order valence-corrected chi connectivity index (χ4v) is 6.26. The number of rotatable bonds is 8. The van der Waals surface area contributed by atoms with Crippen LogP contribution in [0.4, 0.5) is 5.13 Å². The highest BCUT2D eigenvalue weighted by atomic mass is 32.1. The Bertz CT molecular complexity index is 1250. The Morgan fingerprint density at radius 2 is 2.22 bits per heavy atom. The van der Waals surface area contributed by atoms with Gasteiger partial charge in [0.2, 0.25) is 16.9 Å². The van der Waals surface area contributed by atoms with E-state index in [-0.39, 0.29) is 24.3 Å². The number of carbonyl (C=O) groups excluding carboxylic acids is 2. The summed E-state index contributed by atoms with van der Waals surface area (Å²) in [4.78, 5) is 27.0.